The first-order chi connectivity index (χ1) is 13.6. The molecule has 0 bridgehead atoms. The summed E-state index contributed by atoms with van der Waals surface area (Å²) in [7, 11) is 0. The normalized spacial score (nSPS) is 19.1. The number of carbonyl (C=O) groups excluding carboxylic acids is 2. The Morgan fingerprint density at radius 3 is 2.21 bits per heavy atom. The molecule has 3 rings (SSSR count). The molecule has 28 heavy (non-hydrogen) atoms. The quantitative estimate of drug-likeness (QED) is 0.457. The Morgan fingerprint density at radius 2 is 1.57 bits per heavy atom. The Balaban J connectivity index is 1.64. The van der Waals surface area contributed by atoms with Gasteiger partial charge in [-0.05, 0) is 74.7 Å². The molecule has 2 unspecified atom stereocenters. The number of esters is 1. The third-order valence-corrected chi connectivity index (χ3v) is 5.34. The summed E-state index contributed by atoms with van der Waals surface area (Å²) in [6, 6.07) is 14.0. The molecule has 2 aromatic rings. The molecule has 1 saturated carbocycles. The highest BCUT2D eigenvalue weighted by Crippen LogP contribution is 2.31. The van der Waals surface area contributed by atoms with Gasteiger partial charge in [-0.25, -0.2) is 0 Å². The summed E-state index contributed by atoms with van der Waals surface area (Å²) in [5.41, 5.74) is 1.20. The Morgan fingerprint density at radius 1 is 0.964 bits per heavy atom. The molecule has 2 aromatic carbocycles. The largest absolute Gasteiger partial charge is 0.490 e. The van der Waals surface area contributed by atoms with Gasteiger partial charge in [-0.15, -0.1) is 0 Å². The van der Waals surface area contributed by atoms with E-state index in [1.165, 1.54) is 0 Å². The van der Waals surface area contributed by atoms with Crippen LogP contribution in [-0.2, 0) is 9.53 Å². The van der Waals surface area contributed by atoms with Crippen molar-refractivity contribution in [2.45, 2.75) is 45.1 Å². The fraction of sp³-hybridized carbons (Fsp3) is 0.391. The summed E-state index contributed by atoms with van der Waals surface area (Å²) in [5.74, 6) is 0.671. The standard InChI is InChI=1S/C23H25ClO4/c1-2-27-22(25)15-18-5-3-4-6-21(18)28-20-13-9-17(10-14-20)23(26)16-7-11-19(24)12-8-16/h7-14,18,21H,2-6,15H2,1H3. The minimum Gasteiger partial charge on any atom is -0.490 e. The lowest BCUT2D eigenvalue weighted by Gasteiger charge is -2.31. The predicted molar refractivity (Wildman–Crippen MR) is 109 cm³/mol. The average Bonchev–Trinajstić information content (AvgIpc) is 2.70. The second-order valence-corrected chi connectivity index (χ2v) is 7.51. The first kappa shape index (κ1) is 20.4. The number of ketones is 1. The lowest BCUT2D eigenvalue weighted by atomic mass is 9.84. The summed E-state index contributed by atoms with van der Waals surface area (Å²) in [6.45, 7) is 2.22. The summed E-state index contributed by atoms with van der Waals surface area (Å²) in [6.07, 6.45) is 4.49. The highest BCUT2D eigenvalue weighted by Gasteiger charge is 2.29. The van der Waals surface area contributed by atoms with Crippen molar-refractivity contribution in [3.05, 3.63) is 64.7 Å². The summed E-state index contributed by atoms with van der Waals surface area (Å²) in [5, 5.41) is 0.602. The van der Waals surface area contributed by atoms with Crippen molar-refractivity contribution in [1.82, 2.24) is 0 Å². The van der Waals surface area contributed by atoms with E-state index in [0.717, 1.165) is 25.7 Å². The Bertz CT molecular complexity index is 798. The van der Waals surface area contributed by atoms with Gasteiger partial charge in [0.2, 0.25) is 0 Å². The van der Waals surface area contributed by atoms with Crippen LogP contribution in [0.25, 0.3) is 0 Å². The Labute approximate surface area is 170 Å². The van der Waals surface area contributed by atoms with Crippen molar-refractivity contribution in [3.63, 3.8) is 0 Å². The van der Waals surface area contributed by atoms with Crippen LogP contribution in [0.2, 0.25) is 5.02 Å². The first-order valence-electron chi connectivity index (χ1n) is 9.79. The van der Waals surface area contributed by atoms with Gasteiger partial charge in [-0.1, -0.05) is 18.0 Å². The first-order valence-corrected chi connectivity index (χ1v) is 10.2. The highest BCUT2D eigenvalue weighted by molar-refractivity contribution is 6.30. The van der Waals surface area contributed by atoms with Crippen LogP contribution in [0.15, 0.2) is 48.5 Å². The summed E-state index contributed by atoms with van der Waals surface area (Å²) < 4.78 is 11.3. The van der Waals surface area contributed by atoms with E-state index in [1.807, 2.05) is 19.1 Å². The zero-order valence-corrected chi connectivity index (χ0v) is 16.8. The van der Waals surface area contributed by atoms with Crippen molar-refractivity contribution in [1.29, 1.82) is 0 Å². The van der Waals surface area contributed by atoms with E-state index >= 15 is 0 Å². The molecule has 0 heterocycles. The number of benzene rings is 2. The van der Waals surface area contributed by atoms with Crippen LogP contribution in [0.3, 0.4) is 0 Å². The summed E-state index contributed by atoms with van der Waals surface area (Å²) in [4.78, 5) is 24.4. The number of hydrogen-bond donors (Lipinski definition) is 0. The van der Waals surface area contributed by atoms with Gasteiger partial charge >= 0.3 is 5.97 Å². The number of rotatable bonds is 7. The van der Waals surface area contributed by atoms with Crippen LogP contribution in [0.1, 0.15) is 54.9 Å². The second-order valence-electron chi connectivity index (χ2n) is 7.07. The smallest absolute Gasteiger partial charge is 0.306 e. The van der Waals surface area contributed by atoms with Crippen LogP contribution >= 0.6 is 11.6 Å². The number of hydrogen-bond acceptors (Lipinski definition) is 4. The second kappa shape index (κ2) is 9.74. The van der Waals surface area contributed by atoms with Gasteiger partial charge in [0.1, 0.15) is 11.9 Å². The van der Waals surface area contributed by atoms with Gasteiger partial charge < -0.3 is 9.47 Å². The zero-order valence-electron chi connectivity index (χ0n) is 16.0. The summed E-state index contributed by atoms with van der Waals surface area (Å²) >= 11 is 5.88. The predicted octanol–water partition coefficient (Wildman–Crippen LogP) is 5.46. The number of halogens is 1. The molecule has 1 aliphatic carbocycles. The molecule has 148 valence electrons. The molecule has 1 aliphatic rings. The topological polar surface area (TPSA) is 52.6 Å². The van der Waals surface area contributed by atoms with E-state index in [9.17, 15) is 9.59 Å². The SMILES string of the molecule is CCOC(=O)CC1CCCCC1Oc1ccc(C(=O)c2ccc(Cl)cc2)cc1. The fourth-order valence-corrected chi connectivity index (χ4v) is 3.75. The van der Waals surface area contributed by atoms with Crippen molar-refractivity contribution in [2.24, 2.45) is 5.92 Å². The van der Waals surface area contributed by atoms with E-state index in [-0.39, 0.29) is 23.8 Å². The molecule has 5 heteroatoms. The molecule has 0 amide bonds. The lowest BCUT2D eigenvalue weighted by molar-refractivity contribution is -0.145. The maximum absolute atomic E-state index is 12.6. The van der Waals surface area contributed by atoms with Gasteiger partial charge in [-0.3, -0.25) is 9.59 Å². The molecule has 0 radical (unpaired) electrons. The molecule has 0 aromatic heterocycles. The van der Waals surface area contributed by atoms with E-state index in [2.05, 4.69) is 0 Å². The van der Waals surface area contributed by atoms with Crippen LogP contribution in [-0.4, -0.2) is 24.5 Å². The van der Waals surface area contributed by atoms with Gasteiger partial charge in [0.25, 0.3) is 0 Å². The minimum absolute atomic E-state index is 0.00373. The maximum Gasteiger partial charge on any atom is 0.306 e. The van der Waals surface area contributed by atoms with Crippen molar-refractivity contribution >= 4 is 23.4 Å². The third kappa shape index (κ3) is 5.35. The van der Waals surface area contributed by atoms with E-state index in [1.54, 1.807) is 36.4 Å². The van der Waals surface area contributed by atoms with Crippen molar-refractivity contribution in [2.75, 3.05) is 6.61 Å². The van der Waals surface area contributed by atoms with Crippen LogP contribution < -0.4 is 4.74 Å². The van der Waals surface area contributed by atoms with Crippen molar-refractivity contribution in [3.8, 4) is 5.75 Å². The average molecular weight is 401 g/mol. The molecule has 4 nitrogen and oxygen atoms in total. The van der Waals surface area contributed by atoms with Crippen LogP contribution in [0.4, 0.5) is 0 Å². The molecular formula is C23H25ClO4. The van der Waals surface area contributed by atoms with E-state index in [0.29, 0.717) is 34.9 Å². The Kier molecular flexibility index (Phi) is 7.10. The van der Waals surface area contributed by atoms with Crippen LogP contribution in [0.5, 0.6) is 5.75 Å². The Hall–Kier alpha value is -2.33. The molecule has 1 fully saturated rings. The monoisotopic (exact) mass is 400 g/mol. The van der Waals surface area contributed by atoms with Crippen LogP contribution in [0, 0.1) is 5.92 Å². The van der Waals surface area contributed by atoms with Gasteiger partial charge in [0.15, 0.2) is 5.78 Å². The van der Waals surface area contributed by atoms with Gasteiger partial charge in [0.05, 0.1) is 13.0 Å². The maximum atomic E-state index is 12.6. The van der Waals surface area contributed by atoms with Crippen molar-refractivity contribution < 1.29 is 19.1 Å². The number of ether oxygens (including phenoxy) is 2. The zero-order chi connectivity index (χ0) is 19.9. The minimum atomic E-state index is -0.160. The van der Waals surface area contributed by atoms with Gasteiger partial charge in [0, 0.05) is 22.1 Å². The third-order valence-electron chi connectivity index (χ3n) is 5.08. The van der Waals surface area contributed by atoms with Gasteiger partial charge in [-0.2, -0.15) is 0 Å². The fourth-order valence-electron chi connectivity index (χ4n) is 3.62. The van der Waals surface area contributed by atoms with E-state index < -0.39 is 0 Å². The molecule has 0 aliphatic heterocycles. The molecule has 0 N–H and O–H groups in total. The van der Waals surface area contributed by atoms with E-state index in [4.69, 9.17) is 21.1 Å². The molecule has 2 atom stereocenters. The lowest BCUT2D eigenvalue weighted by Crippen LogP contribution is -2.32. The molecular weight excluding hydrogens is 376 g/mol. The highest BCUT2D eigenvalue weighted by atomic mass is 35.5. The number of carbonyl (C=O) groups is 2. The molecule has 0 spiro atoms. The molecule has 0 saturated heterocycles.